The minimum Gasteiger partial charge on any atom is -0.380 e. The molecule has 1 aromatic carbocycles. The second-order valence-corrected chi connectivity index (χ2v) is 5.28. The Bertz CT molecular complexity index is 545. The van der Waals surface area contributed by atoms with Gasteiger partial charge in [0, 0.05) is 10.0 Å². The van der Waals surface area contributed by atoms with E-state index in [0.29, 0.717) is 11.9 Å². The molecule has 2 aromatic rings. The van der Waals surface area contributed by atoms with Gasteiger partial charge in [-0.15, -0.1) is 5.10 Å². The fraction of sp³-hybridized carbons (Fsp3) is 0.333. The highest BCUT2D eigenvalue weighted by Gasteiger charge is 2.25. The summed E-state index contributed by atoms with van der Waals surface area (Å²) < 4.78 is 3.01. The molecule has 17 heavy (non-hydrogen) atoms. The Hall–Kier alpha value is -1.36. The lowest BCUT2D eigenvalue weighted by molar-refractivity contribution is 0.287. The molecule has 0 spiro atoms. The molecule has 1 fully saturated rings. The van der Waals surface area contributed by atoms with Crippen LogP contribution in [0.4, 0.5) is 5.82 Å². The van der Waals surface area contributed by atoms with Gasteiger partial charge < -0.3 is 5.73 Å². The highest BCUT2D eigenvalue weighted by atomic mass is 79.9. The van der Waals surface area contributed by atoms with Crippen LogP contribution in [0.1, 0.15) is 25.3 Å². The van der Waals surface area contributed by atoms with Crippen molar-refractivity contribution in [1.82, 2.24) is 15.0 Å². The summed E-state index contributed by atoms with van der Waals surface area (Å²) in [6.07, 6.45) is 3.61. The molecule has 0 saturated heterocycles. The Labute approximate surface area is 108 Å². The maximum absolute atomic E-state index is 5.93. The van der Waals surface area contributed by atoms with Crippen molar-refractivity contribution in [2.45, 2.75) is 25.3 Å². The molecule has 0 atom stereocenters. The first-order chi connectivity index (χ1) is 8.25. The molecule has 0 bridgehead atoms. The third-order valence-corrected chi connectivity index (χ3v) is 3.73. The van der Waals surface area contributed by atoms with Gasteiger partial charge in [0.15, 0.2) is 5.82 Å². The summed E-state index contributed by atoms with van der Waals surface area (Å²) in [4.78, 5) is 0. The third kappa shape index (κ3) is 1.84. The molecule has 0 radical (unpaired) electrons. The van der Waals surface area contributed by atoms with Crippen LogP contribution in [0.3, 0.4) is 0 Å². The van der Waals surface area contributed by atoms with Gasteiger partial charge in [0.05, 0.1) is 6.04 Å². The molecule has 0 amide bonds. The molecule has 2 N–H and O–H groups in total. The molecular formula is C12H13BrN4. The van der Waals surface area contributed by atoms with E-state index >= 15 is 0 Å². The van der Waals surface area contributed by atoms with Gasteiger partial charge in [-0.2, -0.15) is 0 Å². The first kappa shape index (κ1) is 10.8. The third-order valence-electron chi connectivity index (χ3n) is 3.24. The van der Waals surface area contributed by atoms with Gasteiger partial charge in [-0.1, -0.05) is 33.3 Å². The van der Waals surface area contributed by atoms with Crippen LogP contribution in [0.5, 0.6) is 0 Å². The smallest absolute Gasteiger partial charge is 0.174 e. The molecule has 1 aromatic heterocycles. The van der Waals surface area contributed by atoms with E-state index in [9.17, 15) is 0 Å². The summed E-state index contributed by atoms with van der Waals surface area (Å²) in [7, 11) is 0. The Morgan fingerprint density at radius 2 is 2.18 bits per heavy atom. The summed E-state index contributed by atoms with van der Waals surface area (Å²) in [6.45, 7) is 0. The van der Waals surface area contributed by atoms with Gasteiger partial charge in [-0.3, -0.25) is 0 Å². The molecular weight excluding hydrogens is 280 g/mol. The number of hydrogen-bond donors (Lipinski definition) is 1. The summed E-state index contributed by atoms with van der Waals surface area (Å²) >= 11 is 3.47. The zero-order valence-corrected chi connectivity index (χ0v) is 10.9. The standard InChI is InChI=1S/C12H13BrN4/c13-9-4-1-3-8(7-9)11-12(14)15-16-17(11)10-5-2-6-10/h1,3-4,7,10H,2,5-6,14H2. The van der Waals surface area contributed by atoms with Crippen LogP contribution in [-0.2, 0) is 0 Å². The molecule has 1 heterocycles. The molecule has 1 saturated carbocycles. The van der Waals surface area contributed by atoms with Gasteiger partial charge in [0.2, 0.25) is 0 Å². The van der Waals surface area contributed by atoms with Gasteiger partial charge in [-0.05, 0) is 31.4 Å². The van der Waals surface area contributed by atoms with E-state index in [2.05, 4.69) is 26.2 Å². The van der Waals surface area contributed by atoms with Crippen molar-refractivity contribution in [2.75, 3.05) is 5.73 Å². The number of halogens is 1. The van der Waals surface area contributed by atoms with Crippen LogP contribution in [0.25, 0.3) is 11.3 Å². The highest BCUT2D eigenvalue weighted by Crippen LogP contribution is 2.36. The number of anilines is 1. The van der Waals surface area contributed by atoms with Crippen LogP contribution in [-0.4, -0.2) is 15.0 Å². The zero-order chi connectivity index (χ0) is 11.8. The first-order valence-electron chi connectivity index (χ1n) is 5.72. The van der Waals surface area contributed by atoms with E-state index in [-0.39, 0.29) is 0 Å². The lowest BCUT2D eigenvalue weighted by Crippen LogP contribution is -2.19. The topological polar surface area (TPSA) is 56.7 Å². The predicted octanol–water partition coefficient (Wildman–Crippen LogP) is 3.01. The number of nitrogens with zero attached hydrogens (tertiary/aromatic N) is 3. The van der Waals surface area contributed by atoms with Crippen molar-refractivity contribution in [1.29, 1.82) is 0 Å². The summed E-state index contributed by atoms with van der Waals surface area (Å²) in [5.74, 6) is 0.509. The maximum Gasteiger partial charge on any atom is 0.174 e. The number of nitrogen functional groups attached to an aromatic ring is 1. The molecule has 5 heteroatoms. The van der Waals surface area contributed by atoms with Crippen LogP contribution < -0.4 is 5.73 Å². The summed E-state index contributed by atoms with van der Waals surface area (Å²) in [5.41, 5.74) is 7.93. The average Bonchev–Trinajstić information content (AvgIpc) is 2.58. The molecule has 0 aliphatic heterocycles. The van der Waals surface area contributed by atoms with E-state index < -0.39 is 0 Å². The minimum absolute atomic E-state index is 0.466. The number of aromatic nitrogens is 3. The Morgan fingerprint density at radius 1 is 1.35 bits per heavy atom. The molecule has 0 unspecified atom stereocenters. The van der Waals surface area contributed by atoms with Crippen LogP contribution >= 0.6 is 15.9 Å². The van der Waals surface area contributed by atoms with Crippen molar-refractivity contribution in [3.05, 3.63) is 28.7 Å². The summed E-state index contributed by atoms with van der Waals surface area (Å²) in [6, 6.07) is 8.54. The van der Waals surface area contributed by atoms with Crippen LogP contribution in [0.15, 0.2) is 28.7 Å². The number of benzene rings is 1. The fourth-order valence-corrected chi connectivity index (χ4v) is 2.51. The van der Waals surface area contributed by atoms with Crippen LogP contribution in [0.2, 0.25) is 0 Å². The second-order valence-electron chi connectivity index (χ2n) is 4.36. The molecule has 88 valence electrons. The molecule has 3 rings (SSSR count). The van der Waals surface area contributed by atoms with Crippen molar-refractivity contribution in [2.24, 2.45) is 0 Å². The zero-order valence-electron chi connectivity index (χ0n) is 9.31. The molecule has 1 aliphatic rings. The number of nitrogens with two attached hydrogens (primary N) is 1. The Morgan fingerprint density at radius 3 is 2.82 bits per heavy atom. The monoisotopic (exact) mass is 292 g/mol. The maximum atomic E-state index is 5.93. The Balaban J connectivity index is 2.09. The lowest BCUT2D eigenvalue weighted by Gasteiger charge is -2.26. The molecule has 4 nitrogen and oxygen atoms in total. The molecule has 1 aliphatic carbocycles. The largest absolute Gasteiger partial charge is 0.380 e. The average molecular weight is 293 g/mol. The van der Waals surface area contributed by atoms with Gasteiger partial charge in [0.25, 0.3) is 0 Å². The van der Waals surface area contributed by atoms with Gasteiger partial charge >= 0.3 is 0 Å². The quantitative estimate of drug-likeness (QED) is 0.926. The fourth-order valence-electron chi connectivity index (χ4n) is 2.11. The van der Waals surface area contributed by atoms with Crippen molar-refractivity contribution in [3.8, 4) is 11.3 Å². The van der Waals surface area contributed by atoms with E-state index in [0.717, 1.165) is 15.7 Å². The lowest BCUT2D eigenvalue weighted by atomic mass is 9.93. The number of rotatable bonds is 2. The van der Waals surface area contributed by atoms with E-state index in [1.54, 1.807) is 0 Å². The second kappa shape index (κ2) is 4.14. The van der Waals surface area contributed by atoms with Crippen molar-refractivity contribution in [3.63, 3.8) is 0 Å². The first-order valence-corrected chi connectivity index (χ1v) is 6.51. The predicted molar refractivity (Wildman–Crippen MR) is 70.5 cm³/mol. The minimum atomic E-state index is 0.466. The van der Waals surface area contributed by atoms with E-state index in [1.165, 1.54) is 19.3 Å². The van der Waals surface area contributed by atoms with Crippen molar-refractivity contribution < 1.29 is 0 Å². The normalized spacial score (nSPS) is 15.8. The van der Waals surface area contributed by atoms with Gasteiger partial charge in [-0.25, -0.2) is 4.68 Å². The van der Waals surface area contributed by atoms with E-state index in [4.69, 9.17) is 5.73 Å². The van der Waals surface area contributed by atoms with E-state index in [1.807, 2.05) is 28.9 Å². The number of hydrogen-bond acceptors (Lipinski definition) is 3. The Kier molecular flexibility index (Phi) is 2.63. The SMILES string of the molecule is Nc1nnn(C2CCC2)c1-c1cccc(Br)c1. The summed E-state index contributed by atoms with van der Waals surface area (Å²) in [5, 5.41) is 8.17. The van der Waals surface area contributed by atoms with Gasteiger partial charge in [0.1, 0.15) is 5.69 Å². The van der Waals surface area contributed by atoms with Crippen molar-refractivity contribution >= 4 is 21.7 Å². The highest BCUT2D eigenvalue weighted by molar-refractivity contribution is 9.10. The van der Waals surface area contributed by atoms with Crippen LogP contribution in [0, 0.1) is 0 Å².